The SMILES string of the molecule is CC(C)(C)OC(=O)N1CC[C@@H](Oc2ccc(C#N)cn2)C1. The lowest BCUT2D eigenvalue weighted by Crippen LogP contribution is -2.36. The smallest absolute Gasteiger partial charge is 0.410 e. The van der Waals surface area contributed by atoms with Crippen LogP contribution >= 0.6 is 0 Å². The number of nitrogens with zero attached hydrogens (tertiary/aromatic N) is 3. The summed E-state index contributed by atoms with van der Waals surface area (Å²) in [4.78, 5) is 17.6. The van der Waals surface area contributed by atoms with E-state index >= 15 is 0 Å². The van der Waals surface area contributed by atoms with E-state index in [0.29, 0.717) is 24.5 Å². The zero-order valence-corrected chi connectivity index (χ0v) is 12.5. The molecular formula is C15H19N3O3. The molecule has 0 bridgehead atoms. The molecule has 1 atom stereocenters. The zero-order chi connectivity index (χ0) is 15.5. The van der Waals surface area contributed by atoms with Gasteiger partial charge in [-0.2, -0.15) is 5.26 Å². The summed E-state index contributed by atoms with van der Waals surface area (Å²) in [7, 11) is 0. The van der Waals surface area contributed by atoms with Gasteiger partial charge in [0.25, 0.3) is 0 Å². The molecule has 1 saturated heterocycles. The second-order valence-electron chi connectivity index (χ2n) is 5.95. The Morgan fingerprint density at radius 3 is 2.81 bits per heavy atom. The van der Waals surface area contributed by atoms with Crippen LogP contribution in [0.15, 0.2) is 18.3 Å². The first-order chi connectivity index (χ1) is 9.87. The lowest BCUT2D eigenvalue weighted by Gasteiger charge is -2.24. The van der Waals surface area contributed by atoms with E-state index in [1.807, 2.05) is 26.8 Å². The van der Waals surface area contributed by atoms with Crippen LogP contribution in [0.1, 0.15) is 32.8 Å². The zero-order valence-electron chi connectivity index (χ0n) is 12.5. The van der Waals surface area contributed by atoms with E-state index in [1.165, 1.54) is 6.20 Å². The summed E-state index contributed by atoms with van der Waals surface area (Å²) in [6, 6.07) is 5.32. The van der Waals surface area contributed by atoms with Crippen LogP contribution < -0.4 is 4.74 Å². The van der Waals surface area contributed by atoms with Crippen LogP contribution in [0.4, 0.5) is 4.79 Å². The van der Waals surface area contributed by atoms with Gasteiger partial charge in [0.2, 0.25) is 5.88 Å². The predicted octanol–water partition coefficient (Wildman–Crippen LogP) is 2.34. The van der Waals surface area contributed by atoms with Crippen molar-refractivity contribution in [1.29, 1.82) is 5.26 Å². The minimum Gasteiger partial charge on any atom is -0.472 e. The molecule has 0 aliphatic carbocycles. The predicted molar refractivity (Wildman–Crippen MR) is 75.8 cm³/mol. The Morgan fingerprint density at radius 1 is 1.48 bits per heavy atom. The number of pyridine rings is 1. The minimum atomic E-state index is -0.495. The van der Waals surface area contributed by atoms with Gasteiger partial charge in [-0.15, -0.1) is 0 Å². The highest BCUT2D eigenvalue weighted by molar-refractivity contribution is 5.68. The van der Waals surface area contributed by atoms with E-state index < -0.39 is 5.60 Å². The molecular weight excluding hydrogens is 270 g/mol. The molecule has 112 valence electrons. The maximum absolute atomic E-state index is 11.9. The van der Waals surface area contributed by atoms with Crippen molar-refractivity contribution in [2.75, 3.05) is 13.1 Å². The Balaban J connectivity index is 1.87. The highest BCUT2D eigenvalue weighted by atomic mass is 16.6. The van der Waals surface area contributed by atoms with E-state index in [2.05, 4.69) is 4.98 Å². The van der Waals surface area contributed by atoms with E-state index in [1.54, 1.807) is 17.0 Å². The lowest BCUT2D eigenvalue weighted by atomic mass is 10.2. The molecule has 1 aromatic heterocycles. The number of carbonyl (C=O) groups excluding carboxylic acids is 1. The number of ether oxygens (including phenoxy) is 2. The fraction of sp³-hybridized carbons (Fsp3) is 0.533. The van der Waals surface area contributed by atoms with Crippen LogP contribution in [-0.4, -0.2) is 40.8 Å². The van der Waals surface area contributed by atoms with Crippen molar-refractivity contribution in [3.63, 3.8) is 0 Å². The van der Waals surface area contributed by atoms with Crippen molar-refractivity contribution in [2.45, 2.75) is 38.9 Å². The van der Waals surface area contributed by atoms with E-state index in [4.69, 9.17) is 14.7 Å². The molecule has 6 nitrogen and oxygen atoms in total. The third-order valence-corrected chi connectivity index (χ3v) is 2.95. The standard InChI is InChI=1S/C15H19N3O3/c1-15(2,3)21-14(19)18-7-6-12(10-18)20-13-5-4-11(8-16)9-17-13/h4-5,9,12H,6-7,10H2,1-3H3/t12-/m1/s1. The van der Waals surface area contributed by atoms with Crippen LogP contribution in [0.3, 0.4) is 0 Å². The fourth-order valence-electron chi connectivity index (χ4n) is 2.00. The molecule has 0 aromatic carbocycles. The molecule has 6 heteroatoms. The van der Waals surface area contributed by atoms with Gasteiger partial charge in [-0.1, -0.05) is 0 Å². The number of carbonyl (C=O) groups is 1. The van der Waals surface area contributed by atoms with Crippen molar-refractivity contribution in [3.05, 3.63) is 23.9 Å². The Hall–Kier alpha value is -2.29. The highest BCUT2D eigenvalue weighted by Gasteiger charge is 2.30. The first-order valence-electron chi connectivity index (χ1n) is 6.88. The Morgan fingerprint density at radius 2 is 2.24 bits per heavy atom. The molecule has 2 heterocycles. The summed E-state index contributed by atoms with van der Waals surface area (Å²) in [6.45, 7) is 6.62. The average Bonchev–Trinajstić information content (AvgIpc) is 2.86. The normalized spacial score (nSPS) is 18.2. The maximum Gasteiger partial charge on any atom is 0.410 e. The third kappa shape index (κ3) is 4.35. The molecule has 2 rings (SSSR count). The number of likely N-dealkylation sites (tertiary alicyclic amines) is 1. The monoisotopic (exact) mass is 289 g/mol. The summed E-state index contributed by atoms with van der Waals surface area (Å²) < 4.78 is 11.0. The van der Waals surface area contributed by atoms with Gasteiger partial charge in [0.1, 0.15) is 17.8 Å². The summed E-state index contributed by atoms with van der Waals surface area (Å²) in [5.41, 5.74) is -0.00537. The van der Waals surface area contributed by atoms with Gasteiger partial charge >= 0.3 is 6.09 Å². The van der Waals surface area contributed by atoms with Gasteiger partial charge in [-0.3, -0.25) is 0 Å². The molecule has 1 fully saturated rings. The molecule has 1 aromatic rings. The molecule has 1 aliphatic rings. The molecule has 0 unspecified atom stereocenters. The number of hydrogen-bond donors (Lipinski definition) is 0. The number of rotatable bonds is 2. The Labute approximate surface area is 124 Å². The van der Waals surface area contributed by atoms with E-state index in [0.717, 1.165) is 6.42 Å². The quantitative estimate of drug-likeness (QED) is 0.835. The van der Waals surface area contributed by atoms with Crippen molar-refractivity contribution >= 4 is 6.09 Å². The van der Waals surface area contributed by atoms with Crippen LogP contribution in [0.25, 0.3) is 0 Å². The second kappa shape index (κ2) is 6.00. The first-order valence-corrected chi connectivity index (χ1v) is 6.88. The molecule has 0 radical (unpaired) electrons. The summed E-state index contributed by atoms with van der Waals surface area (Å²) in [5, 5.41) is 8.71. The van der Waals surface area contributed by atoms with Gasteiger partial charge in [0.05, 0.1) is 12.1 Å². The number of nitriles is 1. The summed E-state index contributed by atoms with van der Waals surface area (Å²) in [5.74, 6) is 0.463. The Kier molecular flexibility index (Phi) is 4.32. The largest absolute Gasteiger partial charge is 0.472 e. The minimum absolute atomic E-state index is 0.0991. The molecule has 1 amide bonds. The van der Waals surface area contributed by atoms with Gasteiger partial charge in [0.15, 0.2) is 0 Å². The molecule has 1 aliphatic heterocycles. The number of amides is 1. The molecule has 0 saturated carbocycles. The van der Waals surface area contributed by atoms with Crippen LogP contribution in [0.5, 0.6) is 5.88 Å². The fourth-order valence-corrected chi connectivity index (χ4v) is 2.00. The molecule has 0 N–H and O–H groups in total. The highest BCUT2D eigenvalue weighted by Crippen LogP contribution is 2.19. The van der Waals surface area contributed by atoms with Crippen molar-refractivity contribution in [3.8, 4) is 11.9 Å². The van der Waals surface area contributed by atoms with Crippen LogP contribution in [0.2, 0.25) is 0 Å². The number of aromatic nitrogens is 1. The molecule has 0 spiro atoms. The van der Waals surface area contributed by atoms with Gasteiger partial charge in [0, 0.05) is 25.2 Å². The summed E-state index contributed by atoms with van der Waals surface area (Å²) >= 11 is 0. The number of hydrogen-bond acceptors (Lipinski definition) is 5. The van der Waals surface area contributed by atoms with Gasteiger partial charge in [-0.05, 0) is 26.8 Å². The Bertz CT molecular complexity index is 543. The topological polar surface area (TPSA) is 75.4 Å². The van der Waals surface area contributed by atoms with Gasteiger partial charge < -0.3 is 14.4 Å². The lowest BCUT2D eigenvalue weighted by molar-refractivity contribution is 0.0275. The van der Waals surface area contributed by atoms with Crippen molar-refractivity contribution < 1.29 is 14.3 Å². The van der Waals surface area contributed by atoms with Crippen molar-refractivity contribution in [2.24, 2.45) is 0 Å². The van der Waals surface area contributed by atoms with Crippen LogP contribution in [-0.2, 0) is 4.74 Å². The van der Waals surface area contributed by atoms with E-state index in [-0.39, 0.29) is 12.2 Å². The van der Waals surface area contributed by atoms with Crippen molar-refractivity contribution in [1.82, 2.24) is 9.88 Å². The molecule has 21 heavy (non-hydrogen) atoms. The maximum atomic E-state index is 11.9. The summed E-state index contributed by atoms with van der Waals surface area (Å²) in [6.07, 6.45) is 1.79. The van der Waals surface area contributed by atoms with Crippen LogP contribution in [0, 0.1) is 11.3 Å². The third-order valence-electron chi connectivity index (χ3n) is 2.95. The van der Waals surface area contributed by atoms with E-state index in [9.17, 15) is 4.79 Å². The average molecular weight is 289 g/mol. The first kappa shape index (κ1) is 15.1. The van der Waals surface area contributed by atoms with Gasteiger partial charge in [-0.25, -0.2) is 9.78 Å². The second-order valence-corrected chi connectivity index (χ2v) is 5.95.